The van der Waals surface area contributed by atoms with Crippen molar-refractivity contribution in [2.75, 3.05) is 4.90 Å². The molecule has 7 aromatic rings. The molecular formula is C41H29N3. The van der Waals surface area contributed by atoms with E-state index in [0.29, 0.717) is 0 Å². The normalized spacial score (nSPS) is 13.1. The second kappa shape index (κ2) is 10.8. The van der Waals surface area contributed by atoms with Gasteiger partial charge in [-0.1, -0.05) is 140 Å². The van der Waals surface area contributed by atoms with Gasteiger partial charge in [0.25, 0.3) is 0 Å². The molecule has 3 heteroatoms. The summed E-state index contributed by atoms with van der Waals surface area (Å²) in [6.45, 7) is 0. The Morgan fingerprint density at radius 1 is 0.409 bits per heavy atom. The molecule has 2 heterocycles. The summed E-state index contributed by atoms with van der Waals surface area (Å²) in [4.78, 5) is 11.8. The van der Waals surface area contributed by atoms with Gasteiger partial charge in [0, 0.05) is 16.8 Å². The number of rotatable bonds is 5. The third-order valence-corrected chi connectivity index (χ3v) is 8.64. The lowest BCUT2D eigenvalue weighted by atomic mass is 9.62. The van der Waals surface area contributed by atoms with Crippen LogP contribution >= 0.6 is 0 Å². The maximum Gasteiger partial charge on any atom is 0.0892 e. The van der Waals surface area contributed by atoms with Crippen molar-refractivity contribution in [3.8, 4) is 22.5 Å². The minimum Gasteiger partial charge on any atom is -0.310 e. The predicted octanol–water partition coefficient (Wildman–Crippen LogP) is 9.98. The summed E-state index contributed by atoms with van der Waals surface area (Å²) in [5, 5.41) is 0. The molecule has 0 fully saturated rings. The van der Waals surface area contributed by atoms with Gasteiger partial charge in [-0.25, -0.2) is 4.98 Å². The lowest BCUT2D eigenvalue weighted by molar-refractivity contribution is 0.731. The molecule has 0 radical (unpaired) electrons. The van der Waals surface area contributed by atoms with Crippen LogP contribution in [0.4, 0.5) is 17.1 Å². The van der Waals surface area contributed by atoms with Gasteiger partial charge in [0.05, 0.1) is 40.6 Å². The second-order valence-corrected chi connectivity index (χ2v) is 11.1. The summed E-state index contributed by atoms with van der Waals surface area (Å²) in [5.41, 5.74) is 11.7. The highest BCUT2D eigenvalue weighted by atomic mass is 15.2. The lowest BCUT2D eigenvalue weighted by Gasteiger charge is -2.46. The molecule has 1 aromatic heterocycles. The molecule has 0 unspecified atom stereocenters. The zero-order chi connectivity index (χ0) is 29.3. The first-order valence-corrected chi connectivity index (χ1v) is 14.9. The third-order valence-electron chi connectivity index (χ3n) is 8.64. The molecule has 8 rings (SSSR count). The van der Waals surface area contributed by atoms with Crippen molar-refractivity contribution < 1.29 is 0 Å². The molecule has 3 nitrogen and oxygen atoms in total. The number of fused-ring (bicyclic) bond motifs is 2. The molecule has 0 bridgehead atoms. The van der Waals surface area contributed by atoms with Crippen molar-refractivity contribution >= 4 is 17.1 Å². The van der Waals surface area contributed by atoms with Crippen molar-refractivity contribution in [1.29, 1.82) is 0 Å². The van der Waals surface area contributed by atoms with E-state index in [4.69, 9.17) is 4.98 Å². The van der Waals surface area contributed by atoms with E-state index in [1.807, 2.05) is 30.6 Å². The van der Waals surface area contributed by atoms with Crippen LogP contribution in [-0.2, 0) is 5.41 Å². The standard InChI is InChI=1S/C41H29N3/c1-4-14-30(15-5-1)37-28-42-29-38(43-37)31-24-26-34(27-25-31)44-39-22-12-10-20-35(39)41(32-16-6-2-7-17-32,33-18-8-3-9-19-33)36-21-11-13-23-40(36)44/h1-29H. The van der Waals surface area contributed by atoms with E-state index < -0.39 is 5.41 Å². The van der Waals surface area contributed by atoms with E-state index in [1.54, 1.807) is 0 Å². The highest BCUT2D eigenvalue weighted by Gasteiger charge is 2.46. The van der Waals surface area contributed by atoms with Gasteiger partial charge >= 0.3 is 0 Å². The fraction of sp³-hybridized carbons (Fsp3) is 0.0244. The van der Waals surface area contributed by atoms with E-state index >= 15 is 0 Å². The molecule has 0 amide bonds. The number of benzene rings is 6. The highest BCUT2D eigenvalue weighted by molar-refractivity contribution is 5.89. The van der Waals surface area contributed by atoms with Crippen LogP contribution in [0, 0.1) is 0 Å². The molecule has 208 valence electrons. The fourth-order valence-electron chi connectivity index (χ4n) is 6.72. The van der Waals surface area contributed by atoms with E-state index in [1.165, 1.54) is 22.3 Å². The van der Waals surface area contributed by atoms with Crippen molar-refractivity contribution in [1.82, 2.24) is 9.97 Å². The van der Waals surface area contributed by atoms with Gasteiger partial charge in [0.1, 0.15) is 0 Å². The molecule has 6 aromatic carbocycles. The summed E-state index contributed by atoms with van der Waals surface area (Å²) in [6.07, 6.45) is 3.65. The average molecular weight is 564 g/mol. The first-order chi connectivity index (χ1) is 21.8. The van der Waals surface area contributed by atoms with E-state index in [0.717, 1.165) is 39.6 Å². The Morgan fingerprint density at radius 2 is 0.841 bits per heavy atom. The number of para-hydroxylation sites is 2. The molecular weight excluding hydrogens is 534 g/mol. The Labute approximate surface area is 257 Å². The predicted molar refractivity (Wildman–Crippen MR) is 179 cm³/mol. The first-order valence-electron chi connectivity index (χ1n) is 14.9. The van der Waals surface area contributed by atoms with Gasteiger partial charge in [0.2, 0.25) is 0 Å². The molecule has 0 aliphatic carbocycles. The maximum atomic E-state index is 4.94. The third kappa shape index (κ3) is 4.13. The Balaban J connectivity index is 1.29. The van der Waals surface area contributed by atoms with Gasteiger partial charge in [-0.3, -0.25) is 4.98 Å². The molecule has 0 saturated carbocycles. The topological polar surface area (TPSA) is 29.0 Å². The molecule has 0 spiro atoms. The van der Waals surface area contributed by atoms with Gasteiger partial charge in [-0.05, 0) is 46.5 Å². The van der Waals surface area contributed by atoms with Crippen LogP contribution in [0.25, 0.3) is 22.5 Å². The van der Waals surface area contributed by atoms with E-state index in [9.17, 15) is 0 Å². The van der Waals surface area contributed by atoms with Crippen LogP contribution < -0.4 is 4.90 Å². The Hall–Kier alpha value is -5.80. The van der Waals surface area contributed by atoms with Crippen LogP contribution in [0.1, 0.15) is 22.3 Å². The summed E-state index contributed by atoms with van der Waals surface area (Å²) in [7, 11) is 0. The van der Waals surface area contributed by atoms with Crippen LogP contribution in [-0.4, -0.2) is 9.97 Å². The quantitative estimate of drug-likeness (QED) is 0.209. The molecule has 1 aliphatic rings. The number of hydrogen-bond donors (Lipinski definition) is 0. The Morgan fingerprint density at radius 3 is 1.36 bits per heavy atom. The fourth-order valence-corrected chi connectivity index (χ4v) is 6.72. The summed E-state index contributed by atoms with van der Waals surface area (Å²) in [6, 6.07) is 58.3. The van der Waals surface area contributed by atoms with Crippen molar-refractivity contribution in [2.45, 2.75) is 5.41 Å². The van der Waals surface area contributed by atoms with Crippen molar-refractivity contribution in [2.24, 2.45) is 0 Å². The smallest absolute Gasteiger partial charge is 0.0892 e. The van der Waals surface area contributed by atoms with Gasteiger partial charge in [0.15, 0.2) is 0 Å². The maximum absolute atomic E-state index is 4.94. The summed E-state index contributed by atoms with van der Waals surface area (Å²) < 4.78 is 0. The Kier molecular flexibility index (Phi) is 6.35. The van der Waals surface area contributed by atoms with Gasteiger partial charge in [-0.15, -0.1) is 0 Å². The average Bonchev–Trinajstić information content (AvgIpc) is 3.12. The Bertz CT molecular complexity index is 1960. The molecule has 0 N–H and O–H groups in total. The van der Waals surface area contributed by atoms with Crippen LogP contribution in [0.2, 0.25) is 0 Å². The minimum absolute atomic E-state index is 0.473. The molecule has 0 saturated heterocycles. The van der Waals surface area contributed by atoms with Gasteiger partial charge in [-0.2, -0.15) is 0 Å². The molecule has 44 heavy (non-hydrogen) atoms. The zero-order valence-corrected chi connectivity index (χ0v) is 24.1. The molecule has 1 aliphatic heterocycles. The van der Waals surface area contributed by atoms with E-state index in [2.05, 4.69) is 155 Å². The van der Waals surface area contributed by atoms with Crippen LogP contribution in [0.3, 0.4) is 0 Å². The highest BCUT2D eigenvalue weighted by Crippen LogP contribution is 2.57. The number of anilines is 3. The number of aromatic nitrogens is 2. The minimum atomic E-state index is -0.473. The van der Waals surface area contributed by atoms with Crippen LogP contribution in [0.15, 0.2) is 176 Å². The second-order valence-electron chi connectivity index (χ2n) is 11.1. The first kappa shape index (κ1) is 25.9. The van der Waals surface area contributed by atoms with Crippen molar-refractivity contribution in [3.63, 3.8) is 0 Å². The summed E-state index contributed by atoms with van der Waals surface area (Å²) in [5.74, 6) is 0. The number of nitrogens with zero attached hydrogens (tertiary/aromatic N) is 3. The van der Waals surface area contributed by atoms with Crippen molar-refractivity contribution in [3.05, 3.63) is 198 Å². The van der Waals surface area contributed by atoms with Crippen LogP contribution in [0.5, 0.6) is 0 Å². The monoisotopic (exact) mass is 563 g/mol. The summed E-state index contributed by atoms with van der Waals surface area (Å²) >= 11 is 0. The lowest BCUT2D eigenvalue weighted by Crippen LogP contribution is -2.37. The number of hydrogen-bond acceptors (Lipinski definition) is 3. The molecule has 0 atom stereocenters. The SMILES string of the molecule is c1ccc(-c2cncc(-c3ccc(N4c5ccccc5C(c5ccccc5)(c5ccccc5)c5ccccc54)cc3)n2)cc1. The zero-order valence-electron chi connectivity index (χ0n) is 24.1. The van der Waals surface area contributed by atoms with Gasteiger partial charge < -0.3 is 4.90 Å². The largest absolute Gasteiger partial charge is 0.310 e. The van der Waals surface area contributed by atoms with E-state index in [-0.39, 0.29) is 0 Å².